The summed E-state index contributed by atoms with van der Waals surface area (Å²) < 4.78 is 10.9. The third kappa shape index (κ3) is 15.5. The van der Waals surface area contributed by atoms with Crippen LogP contribution in [0.25, 0.3) is 0 Å². The molecule has 7 nitrogen and oxygen atoms in total. The van der Waals surface area contributed by atoms with Crippen LogP contribution in [0.2, 0.25) is 0 Å². The number of rotatable bonds is 15. The highest BCUT2D eigenvalue weighted by Crippen LogP contribution is 2.21. The minimum Gasteiger partial charge on any atom is -0.378 e. The molecule has 0 aliphatic carbocycles. The van der Waals surface area contributed by atoms with Crippen LogP contribution in [0.1, 0.15) is 88.0 Å². The van der Waals surface area contributed by atoms with Crippen molar-refractivity contribution in [2.45, 2.75) is 99.6 Å². The Morgan fingerprint density at radius 3 is 1.91 bits per heavy atom. The lowest BCUT2D eigenvalue weighted by atomic mass is 9.84. The van der Waals surface area contributed by atoms with Crippen molar-refractivity contribution in [2.75, 3.05) is 33.0 Å². The first kappa shape index (κ1) is 30.7. The Bertz CT molecular complexity index is 583. The zero-order valence-corrected chi connectivity index (χ0v) is 22.0. The normalized spacial score (nSPS) is 13.7. The number of ether oxygens (including phenoxy) is 2. The Labute approximate surface area is 195 Å². The van der Waals surface area contributed by atoms with Gasteiger partial charge in [0, 0.05) is 29.3 Å². The lowest BCUT2D eigenvalue weighted by Gasteiger charge is -2.25. The van der Waals surface area contributed by atoms with Crippen molar-refractivity contribution in [3.63, 3.8) is 0 Å². The van der Waals surface area contributed by atoms with Crippen LogP contribution in [0.15, 0.2) is 0 Å². The highest BCUT2D eigenvalue weighted by atomic mass is 16.5. The van der Waals surface area contributed by atoms with Crippen molar-refractivity contribution >= 4 is 17.5 Å². The molecule has 0 saturated carbocycles. The van der Waals surface area contributed by atoms with E-state index in [4.69, 9.17) is 9.47 Å². The third-order valence-electron chi connectivity index (χ3n) is 4.88. The predicted molar refractivity (Wildman–Crippen MR) is 129 cm³/mol. The molecule has 0 aliphatic rings. The molecule has 1 unspecified atom stereocenters. The lowest BCUT2D eigenvalue weighted by molar-refractivity contribution is -0.134. The molecular weight excluding hydrogens is 408 g/mol. The van der Waals surface area contributed by atoms with E-state index >= 15 is 0 Å². The van der Waals surface area contributed by atoms with Crippen molar-refractivity contribution < 1.29 is 23.9 Å². The van der Waals surface area contributed by atoms with Crippen LogP contribution in [-0.4, -0.2) is 62.0 Å². The van der Waals surface area contributed by atoms with Crippen LogP contribution in [0, 0.1) is 10.8 Å². The van der Waals surface area contributed by atoms with E-state index in [-0.39, 0.29) is 35.0 Å². The number of unbranched alkanes of at least 4 members (excludes halogenated alkanes) is 1. The van der Waals surface area contributed by atoms with Gasteiger partial charge in [0.2, 0.25) is 5.91 Å². The molecule has 0 aromatic heterocycles. The van der Waals surface area contributed by atoms with Gasteiger partial charge in [0.05, 0.1) is 25.9 Å². The standard InChI is InChI=1S/C25H48N2O5/c1-23(2,3)20(28)13-11-10-12-19(22(30)24(4,5)6)27-21(29)18-32-17-16-31-15-14-26-25(7,8)9/h19,26H,10-18H2,1-9H3,(H,27,29). The molecule has 0 aliphatic heterocycles. The van der Waals surface area contributed by atoms with Crippen molar-refractivity contribution in [3.05, 3.63) is 0 Å². The van der Waals surface area contributed by atoms with E-state index in [1.165, 1.54) is 0 Å². The van der Waals surface area contributed by atoms with E-state index in [1.54, 1.807) is 0 Å². The topological polar surface area (TPSA) is 93.7 Å². The van der Waals surface area contributed by atoms with Crippen LogP contribution >= 0.6 is 0 Å². The van der Waals surface area contributed by atoms with E-state index in [9.17, 15) is 14.4 Å². The van der Waals surface area contributed by atoms with Gasteiger partial charge >= 0.3 is 0 Å². The van der Waals surface area contributed by atoms with Crippen molar-refractivity contribution in [1.82, 2.24) is 10.6 Å². The van der Waals surface area contributed by atoms with E-state index < -0.39 is 11.5 Å². The van der Waals surface area contributed by atoms with Crippen molar-refractivity contribution in [1.29, 1.82) is 0 Å². The average Bonchev–Trinajstić information content (AvgIpc) is 2.63. The van der Waals surface area contributed by atoms with Gasteiger partial charge in [0.1, 0.15) is 12.4 Å². The largest absolute Gasteiger partial charge is 0.378 e. The molecule has 0 heterocycles. The Morgan fingerprint density at radius 2 is 1.38 bits per heavy atom. The average molecular weight is 457 g/mol. The minimum absolute atomic E-state index is 0.0114. The summed E-state index contributed by atoms with van der Waals surface area (Å²) in [5.41, 5.74) is -0.852. The fraction of sp³-hybridized carbons (Fsp3) is 0.880. The van der Waals surface area contributed by atoms with Gasteiger partial charge in [-0.3, -0.25) is 14.4 Å². The van der Waals surface area contributed by atoms with Gasteiger partial charge in [-0.1, -0.05) is 48.0 Å². The van der Waals surface area contributed by atoms with E-state index in [2.05, 4.69) is 31.4 Å². The van der Waals surface area contributed by atoms with Gasteiger partial charge in [0.25, 0.3) is 0 Å². The first-order valence-corrected chi connectivity index (χ1v) is 11.8. The van der Waals surface area contributed by atoms with Gasteiger partial charge in [-0.15, -0.1) is 0 Å². The predicted octanol–water partition coefficient (Wildman–Crippen LogP) is 3.68. The number of Topliss-reactive ketones (excluding diaryl/α,β-unsaturated/α-hetero) is 2. The molecule has 32 heavy (non-hydrogen) atoms. The molecule has 188 valence electrons. The summed E-state index contributed by atoms with van der Waals surface area (Å²) in [7, 11) is 0. The second kappa shape index (κ2) is 14.1. The first-order valence-electron chi connectivity index (χ1n) is 11.8. The number of carbonyl (C=O) groups excluding carboxylic acids is 3. The van der Waals surface area contributed by atoms with E-state index in [1.807, 2.05) is 41.5 Å². The maximum Gasteiger partial charge on any atom is 0.246 e. The molecule has 0 rings (SSSR count). The van der Waals surface area contributed by atoms with Crippen LogP contribution in [-0.2, 0) is 23.9 Å². The minimum atomic E-state index is -0.574. The summed E-state index contributed by atoms with van der Waals surface area (Å²) in [4.78, 5) is 37.2. The second-order valence-electron chi connectivity index (χ2n) is 11.5. The van der Waals surface area contributed by atoms with Crippen LogP contribution in [0.3, 0.4) is 0 Å². The lowest BCUT2D eigenvalue weighted by Crippen LogP contribution is -2.46. The molecule has 0 saturated heterocycles. The van der Waals surface area contributed by atoms with Crippen LogP contribution in [0.5, 0.6) is 0 Å². The molecule has 0 aromatic rings. The molecule has 7 heteroatoms. The number of ketones is 2. The molecule has 1 amide bonds. The Balaban J connectivity index is 4.34. The summed E-state index contributed by atoms with van der Waals surface area (Å²) >= 11 is 0. The Morgan fingerprint density at radius 1 is 0.781 bits per heavy atom. The van der Waals surface area contributed by atoms with Gasteiger partial charge in [-0.2, -0.15) is 0 Å². The van der Waals surface area contributed by atoms with Crippen LogP contribution in [0.4, 0.5) is 0 Å². The molecular formula is C25H48N2O5. The monoisotopic (exact) mass is 456 g/mol. The summed E-state index contributed by atoms with van der Waals surface area (Å²) in [6.45, 7) is 19.5. The van der Waals surface area contributed by atoms with Gasteiger partial charge in [-0.25, -0.2) is 0 Å². The summed E-state index contributed by atoms with van der Waals surface area (Å²) in [6.07, 6.45) is 2.41. The zero-order valence-electron chi connectivity index (χ0n) is 22.0. The highest BCUT2D eigenvalue weighted by Gasteiger charge is 2.30. The first-order chi connectivity index (χ1) is 14.5. The quantitative estimate of drug-likeness (QED) is 0.365. The molecule has 0 radical (unpaired) electrons. The molecule has 2 N–H and O–H groups in total. The third-order valence-corrected chi connectivity index (χ3v) is 4.88. The maximum atomic E-state index is 12.8. The molecule has 0 aromatic carbocycles. The summed E-state index contributed by atoms with van der Waals surface area (Å²) in [5.74, 6) is -0.111. The molecule has 0 spiro atoms. The Kier molecular flexibility index (Phi) is 13.5. The zero-order chi connectivity index (χ0) is 25.0. The summed E-state index contributed by atoms with van der Waals surface area (Å²) in [6, 6.07) is -0.574. The van der Waals surface area contributed by atoms with Crippen molar-refractivity contribution in [2.24, 2.45) is 10.8 Å². The number of carbonyl (C=O) groups is 3. The highest BCUT2D eigenvalue weighted by molar-refractivity contribution is 5.92. The van der Waals surface area contributed by atoms with E-state index in [0.29, 0.717) is 45.5 Å². The fourth-order valence-corrected chi connectivity index (χ4v) is 2.92. The maximum absolute atomic E-state index is 12.8. The molecule has 0 fully saturated rings. The Hall–Kier alpha value is -1.31. The molecule has 0 bridgehead atoms. The van der Waals surface area contributed by atoms with Gasteiger partial charge in [-0.05, 0) is 33.6 Å². The second-order valence-corrected chi connectivity index (χ2v) is 11.5. The SMILES string of the molecule is CC(C)(C)NCCOCCOCC(=O)NC(CCCCC(=O)C(C)(C)C)C(=O)C(C)(C)C. The summed E-state index contributed by atoms with van der Waals surface area (Å²) in [5, 5.41) is 6.15. The number of nitrogens with one attached hydrogen (secondary N) is 2. The van der Waals surface area contributed by atoms with Gasteiger partial charge < -0.3 is 20.1 Å². The number of amides is 1. The smallest absolute Gasteiger partial charge is 0.246 e. The fourth-order valence-electron chi connectivity index (χ4n) is 2.92. The van der Waals surface area contributed by atoms with Crippen molar-refractivity contribution in [3.8, 4) is 0 Å². The van der Waals surface area contributed by atoms with E-state index in [0.717, 1.165) is 6.54 Å². The van der Waals surface area contributed by atoms with Crippen LogP contribution < -0.4 is 10.6 Å². The van der Waals surface area contributed by atoms with Gasteiger partial charge in [0.15, 0.2) is 5.78 Å². The molecule has 1 atom stereocenters. The number of hydrogen-bond acceptors (Lipinski definition) is 6. The number of hydrogen-bond donors (Lipinski definition) is 2.